The van der Waals surface area contributed by atoms with Gasteiger partial charge >= 0.3 is 0 Å². The molecule has 1 aromatic carbocycles. The molecule has 2 aromatic heterocycles. The zero-order chi connectivity index (χ0) is 13.2. The number of imidazole rings is 1. The molecule has 0 saturated heterocycles. The molecule has 0 aliphatic rings. The van der Waals surface area contributed by atoms with E-state index in [0.29, 0.717) is 11.3 Å². The molecule has 3 rings (SSSR count). The van der Waals surface area contributed by atoms with E-state index in [9.17, 15) is 0 Å². The van der Waals surface area contributed by atoms with Gasteiger partial charge < -0.3 is 10.3 Å². The lowest BCUT2D eigenvalue weighted by molar-refractivity contribution is 0.698. The quantitative estimate of drug-likeness (QED) is 0.778. The van der Waals surface area contributed by atoms with E-state index in [0.717, 1.165) is 30.0 Å². The van der Waals surface area contributed by atoms with E-state index in [4.69, 9.17) is 5.73 Å². The number of benzene rings is 1. The second kappa shape index (κ2) is 4.68. The number of aryl methyl sites for hydroxylation is 1. The fraction of sp³-hybridized carbons (Fsp3) is 0.214. The van der Waals surface area contributed by atoms with E-state index < -0.39 is 0 Å². The van der Waals surface area contributed by atoms with Crippen molar-refractivity contribution in [3.63, 3.8) is 0 Å². The summed E-state index contributed by atoms with van der Waals surface area (Å²) in [6.45, 7) is 2.99. The standard InChI is InChI=1S/C14H15N5/c1-2-8-19-13(10-6-4-3-5-7-10)18-11-12(15)16-9-17-14(11)19/h3-7,9H,2,8H2,1H3,(H2,15,16,17). The molecule has 2 N–H and O–H groups in total. The van der Waals surface area contributed by atoms with Crippen LogP contribution >= 0.6 is 0 Å². The molecule has 5 nitrogen and oxygen atoms in total. The number of hydrogen-bond donors (Lipinski definition) is 1. The van der Waals surface area contributed by atoms with Crippen molar-refractivity contribution in [1.29, 1.82) is 0 Å². The van der Waals surface area contributed by atoms with E-state index >= 15 is 0 Å². The van der Waals surface area contributed by atoms with Gasteiger partial charge in [0.15, 0.2) is 17.0 Å². The molecular weight excluding hydrogens is 238 g/mol. The van der Waals surface area contributed by atoms with Gasteiger partial charge in [-0.3, -0.25) is 0 Å². The normalized spacial score (nSPS) is 11.0. The zero-order valence-electron chi connectivity index (χ0n) is 10.7. The lowest BCUT2D eigenvalue weighted by Gasteiger charge is -2.06. The van der Waals surface area contributed by atoms with E-state index in [2.05, 4.69) is 26.4 Å². The second-order valence-electron chi connectivity index (χ2n) is 4.38. The lowest BCUT2D eigenvalue weighted by atomic mass is 10.2. The first-order chi connectivity index (χ1) is 9.31. The maximum Gasteiger partial charge on any atom is 0.165 e. The molecule has 0 radical (unpaired) electrons. The summed E-state index contributed by atoms with van der Waals surface area (Å²) in [6.07, 6.45) is 2.50. The van der Waals surface area contributed by atoms with Crippen molar-refractivity contribution in [3.05, 3.63) is 36.7 Å². The van der Waals surface area contributed by atoms with Crippen LogP contribution in [-0.2, 0) is 6.54 Å². The van der Waals surface area contributed by atoms with Crippen molar-refractivity contribution in [2.24, 2.45) is 0 Å². The Morgan fingerprint density at radius 2 is 1.95 bits per heavy atom. The van der Waals surface area contributed by atoms with Gasteiger partial charge in [-0.05, 0) is 6.42 Å². The van der Waals surface area contributed by atoms with Crippen LogP contribution in [0.25, 0.3) is 22.6 Å². The number of nitrogens with zero attached hydrogens (tertiary/aromatic N) is 4. The molecule has 0 fully saturated rings. The minimum atomic E-state index is 0.428. The molecule has 0 saturated carbocycles. The molecule has 0 unspecified atom stereocenters. The Bertz CT molecular complexity index is 702. The van der Waals surface area contributed by atoms with E-state index in [-0.39, 0.29) is 0 Å². The zero-order valence-corrected chi connectivity index (χ0v) is 10.7. The molecular formula is C14H15N5. The van der Waals surface area contributed by atoms with Crippen molar-refractivity contribution < 1.29 is 0 Å². The summed E-state index contributed by atoms with van der Waals surface area (Å²) < 4.78 is 2.10. The van der Waals surface area contributed by atoms with Crippen molar-refractivity contribution in [2.75, 3.05) is 5.73 Å². The number of nitrogens with two attached hydrogens (primary N) is 1. The van der Waals surface area contributed by atoms with Crippen molar-refractivity contribution >= 4 is 17.0 Å². The third-order valence-corrected chi connectivity index (χ3v) is 3.04. The fourth-order valence-electron chi connectivity index (χ4n) is 2.20. The minimum Gasteiger partial charge on any atom is -0.382 e. The Balaban J connectivity index is 2.29. The number of anilines is 1. The molecule has 19 heavy (non-hydrogen) atoms. The Morgan fingerprint density at radius 3 is 2.68 bits per heavy atom. The summed E-state index contributed by atoms with van der Waals surface area (Å²) in [5, 5.41) is 0. The van der Waals surface area contributed by atoms with E-state index in [1.54, 1.807) is 0 Å². The van der Waals surface area contributed by atoms with Crippen LogP contribution < -0.4 is 5.73 Å². The Hall–Kier alpha value is -2.43. The third kappa shape index (κ3) is 1.93. The van der Waals surface area contributed by atoms with Crippen molar-refractivity contribution in [3.8, 4) is 11.4 Å². The van der Waals surface area contributed by atoms with Gasteiger partial charge in [0.05, 0.1) is 0 Å². The van der Waals surface area contributed by atoms with Gasteiger partial charge in [-0.1, -0.05) is 37.3 Å². The summed E-state index contributed by atoms with van der Waals surface area (Å²) in [4.78, 5) is 12.9. The van der Waals surface area contributed by atoms with Gasteiger partial charge in [-0.25, -0.2) is 15.0 Å². The molecule has 0 bridgehead atoms. The molecule has 5 heteroatoms. The highest BCUT2D eigenvalue weighted by molar-refractivity contribution is 5.85. The number of hydrogen-bond acceptors (Lipinski definition) is 4. The van der Waals surface area contributed by atoms with Crippen LogP contribution in [0, 0.1) is 0 Å². The molecule has 3 aromatic rings. The van der Waals surface area contributed by atoms with Crippen molar-refractivity contribution in [2.45, 2.75) is 19.9 Å². The summed E-state index contributed by atoms with van der Waals surface area (Å²) in [5.74, 6) is 1.32. The lowest BCUT2D eigenvalue weighted by Crippen LogP contribution is -2.01. The van der Waals surface area contributed by atoms with E-state index in [1.165, 1.54) is 6.33 Å². The fourth-order valence-corrected chi connectivity index (χ4v) is 2.20. The van der Waals surface area contributed by atoms with Gasteiger partial charge in [0.25, 0.3) is 0 Å². The highest BCUT2D eigenvalue weighted by Gasteiger charge is 2.15. The largest absolute Gasteiger partial charge is 0.382 e. The Kier molecular flexibility index (Phi) is 2.87. The van der Waals surface area contributed by atoms with Crippen LogP contribution in [0.3, 0.4) is 0 Å². The molecule has 96 valence electrons. The van der Waals surface area contributed by atoms with Crippen LogP contribution in [0.15, 0.2) is 36.7 Å². The highest BCUT2D eigenvalue weighted by atomic mass is 15.1. The monoisotopic (exact) mass is 253 g/mol. The highest BCUT2D eigenvalue weighted by Crippen LogP contribution is 2.25. The Labute approximate surface area is 111 Å². The second-order valence-corrected chi connectivity index (χ2v) is 4.38. The average molecular weight is 253 g/mol. The summed E-state index contributed by atoms with van der Waals surface area (Å²) in [7, 11) is 0. The molecule has 2 heterocycles. The van der Waals surface area contributed by atoms with Crippen LogP contribution in [-0.4, -0.2) is 19.5 Å². The van der Waals surface area contributed by atoms with E-state index in [1.807, 2.05) is 30.3 Å². The number of fused-ring (bicyclic) bond motifs is 1. The van der Waals surface area contributed by atoms with Crippen LogP contribution in [0.1, 0.15) is 13.3 Å². The number of rotatable bonds is 3. The predicted molar refractivity (Wildman–Crippen MR) is 75.5 cm³/mol. The van der Waals surface area contributed by atoms with Crippen molar-refractivity contribution in [1.82, 2.24) is 19.5 Å². The number of nitrogen functional groups attached to an aromatic ring is 1. The van der Waals surface area contributed by atoms with Gasteiger partial charge in [-0.2, -0.15) is 0 Å². The smallest absolute Gasteiger partial charge is 0.165 e. The predicted octanol–water partition coefficient (Wildman–Crippen LogP) is 2.49. The molecule has 0 spiro atoms. The molecule has 0 atom stereocenters. The van der Waals surface area contributed by atoms with Crippen LogP contribution in [0.5, 0.6) is 0 Å². The first-order valence-corrected chi connectivity index (χ1v) is 6.33. The average Bonchev–Trinajstić information content (AvgIpc) is 2.81. The number of aromatic nitrogens is 4. The summed E-state index contributed by atoms with van der Waals surface area (Å²) in [5.41, 5.74) is 8.42. The van der Waals surface area contributed by atoms with Gasteiger partial charge in [0.1, 0.15) is 12.2 Å². The third-order valence-electron chi connectivity index (χ3n) is 3.04. The van der Waals surface area contributed by atoms with Crippen LogP contribution in [0.2, 0.25) is 0 Å². The first-order valence-electron chi connectivity index (χ1n) is 6.33. The maximum atomic E-state index is 5.89. The first kappa shape index (κ1) is 11.6. The molecule has 0 amide bonds. The van der Waals surface area contributed by atoms with Gasteiger partial charge in [0.2, 0.25) is 0 Å². The maximum absolute atomic E-state index is 5.89. The minimum absolute atomic E-state index is 0.428. The molecule has 0 aliphatic heterocycles. The van der Waals surface area contributed by atoms with Crippen LogP contribution in [0.4, 0.5) is 5.82 Å². The topological polar surface area (TPSA) is 69.6 Å². The van der Waals surface area contributed by atoms with Gasteiger partial charge in [-0.15, -0.1) is 0 Å². The molecule has 0 aliphatic carbocycles. The SMILES string of the molecule is CCCn1c(-c2ccccc2)nc2c(N)ncnc21. The summed E-state index contributed by atoms with van der Waals surface area (Å²) >= 11 is 0. The Morgan fingerprint density at radius 1 is 1.16 bits per heavy atom. The summed E-state index contributed by atoms with van der Waals surface area (Å²) in [6, 6.07) is 10.1. The van der Waals surface area contributed by atoms with Gasteiger partial charge in [0, 0.05) is 12.1 Å².